The molecule has 1 rings (SSSR count). The second kappa shape index (κ2) is 4.17. The first-order chi connectivity index (χ1) is 5.88. The summed E-state index contributed by atoms with van der Waals surface area (Å²) in [4.78, 5) is 0. The van der Waals surface area contributed by atoms with Crippen LogP contribution < -0.4 is 0 Å². The van der Waals surface area contributed by atoms with Crippen LogP contribution in [0.5, 0.6) is 0 Å². The zero-order chi connectivity index (χ0) is 10.1. The molecule has 0 fully saturated rings. The van der Waals surface area contributed by atoms with Crippen molar-refractivity contribution in [3.63, 3.8) is 0 Å². The molecule has 6 heteroatoms. The van der Waals surface area contributed by atoms with Crippen molar-refractivity contribution in [2.45, 2.75) is 5.75 Å². The number of benzene rings is 1. The van der Waals surface area contributed by atoms with E-state index < -0.39 is 9.05 Å². The lowest BCUT2D eigenvalue weighted by Crippen LogP contribution is -1.94. The maximum atomic E-state index is 10.7. The van der Waals surface area contributed by atoms with E-state index in [1.807, 2.05) is 0 Å². The summed E-state index contributed by atoms with van der Waals surface area (Å²) in [5.74, 6) is -0.190. The van der Waals surface area contributed by atoms with E-state index in [0.717, 1.165) is 0 Å². The molecule has 0 aromatic heterocycles. The van der Waals surface area contributed by atoms with Crippen LogP contribution in [0.15, 0.2) is 22.7 Å². The molecule has 0 aliphatic heterocycles. The molecule has 0 aliphatic carbocycles. The normalized spacial score (nSPS) is 11.6. The fourth-order valence-electron chi connectivity index (χ4n) is 0.828. The van der Waals surface area contributed by atoms with Crippen molar-refractivity contribution in [1.82, 2.24) is 0 Å². The van der Waals surface area contributed by atoms with Crippen LogP contribution in [-0.2, 0) is 14.8 Å². The summed E-state index contributed by atoms with van der Waals surface area (Å²) in [6.07, 6.45) is 0. The van der Waals surface area contributed by atoms with E-state index in [2.05, 4.69) is 15.9 Å². The summed E-state index contributed by atoms with van der Waals surface area (Å²) in [5.41, 5.74) is 0.603. The Morgan fingerprint density at radius 2 is 2.00 bits per heavy atom. The molecule has 0 unspecified atom stereocenters. The predicted molar refractivity (Wildman–Crippen MR) is 57.6 cm³/mol. The van der Waals surface area contributed by atoms with Gasteiger partial charge in [0.2, 0.25) is 9.05 Å². The Balaban J connectivity index is 2.99. The molecule has 0 radical (unpaired) electrons. The predicted octanol–water partition coefficient (Wildman–Crippen LogP) is 3.17. The Morgan fingerprint density at radius 1 is 1.38 bits per heavy atom. The van der Waals surface area contributed by atoms with Crippen molar-refractivity contribution in [3.8, 4) is 0 Å². The van der Waals surface area contributed by atoms with Crippen LogP contribution in [0.4, 0.5) is 0 Å². The van der Waals surface area contributed by atoms with Crippen molar-refractivity contribution in [2.24, 2.45) is 0 Å². The van der Waals surface area contributed by atoms with Crippen LogP contribution in [-0.4, -0.2) is 8.42 Å². The van der Waals surface area contributed by atoms with Gasteiger partial charge in [-0.15, -0.1) is 0 Å². The fourth-order valence-corrected chi connectivity index (χ4v) is 2.33. The van der Waals surface area contributed by atoms with Gasteiger partial charge >= 0.3 is 0 Å². The van der Waals surface area contributed by atoms with Gasteiger partial charge in [0.1, 0.15) is 0 Å². The van der Waals surface area contributed by atoms with Gasteiger partial charge in [-0.05, 0) is 33.6 Å². The lowest BCUT2D eigenvalue weighted by Gasteiger charge is -2.00. The van der Waals surface area contributed by atoms with Crippen molar-refractivity contribution >= 4 is 47.3 Å². The highest BCUT2D eigenvalue weighted by atomic mass is 79.9. The zero-order valence-electron chi connectivity index (χ0n) is 6.30. The Hall–Kier alpha value is 0.230. The van der Waals surface area contributed by atoms with Crippen LogP contribution in [0, 0.1) is 0 Å². The maximum absolute atomic E-state index is 10.7. The minimum atomic E-state index is -3.50. The lowest BCUT2D eigenvalue weighted by atomic mass is 10.2. The highest BCUT2D eigenvalue weighted by Gasteiger charge is 2.08. The summed E-state index contributed by atoms with van der Waals surface area (Å²) < 4.78 is 22.1. The summed E-state index contributed by atoms with van der Waals surface area (Å²) in [7, 11) is 1.59. The highest BCUT2D eigenvalue weighted by molar-refractivity contribution is 9.10. The molecular formula is C7H5BrCl2O2S. The van der Waals surface area contributed by atoms with Crippen LogP contribution >= 0.6 is 38.2 Å². The minimum absolute atomic E-state index is 0.190. The molecule has 2 nitrogen and oxygen atoms in total. The van der Waals surface area contributed by atoms with Gasteiger partial charge in [0.25, 0.3) is 0 Å². The molecule has 0 atom stereocenters. The molecule has 0 aliphatic rings. The zero-order valence-corrected chi connectivity index (χ0v) is 10.2. The Bertz CT molecular complexity index is 417. The summed E-state index contributed by atoms with van der Waals surface area (Å²) in [6.45, 7) is 0. The second-order valence-corrected chi connectivity index (χ2v) is 6.47. The first kappa shape index (κ1) is 11.3. The van der Waals surface area contributed by atoms with E-state index in [9.17, 15) is 8.42 Å². The molecule has 1 aromatic rings. The molecule has 72 valence electrons. The maximum Gasteiger partial charge on any atom is 0.236 e. The third kappa shape index (κ3) is 3.85. The number of hydrogen-bond donors (Lipinski definition) is 0. The Labute approximate surface area is 94.4 Å². The summed E-state index contributed by atoms with van der Waals surface area (Å²) in [6, 6.07) is 4.86. The fraction of sp³-hybridized carbons (Fsp3) is 0.143. The van der Waals surface area contributed by atoms with E-state index >= 15 is 0 Å². The summed E-state index contributed by atoms with van der Waals surface area (Å²) >= 11 is 8.91. The molecule has 0 bridgehead atoms. The lowest BCUT2D eigenvalue weighted by molar-refractivity contribution is 0.609. The minimum Gasteiger partial charge on any atom is -0.212 e. The molecule has 13 heavy (non-hydrogen) atoms. The van der Waals surface area contributed by atoms with Crippen molar-refractivity contribution in [2.75, 3.05) is 0 Å². The van der Waals surface area contributed by atoms with Crippen LogP contribution in [0.25, 0.3) is 0 Å². The third-order valence-corrected chi connectivity index (χ3v) is 3.54. The van der Waals surface area contributed by atoms with Gasteiger partial charge in [0.05, 0.1) is 10.8 Å². The molecule has 0 saturated heterocycles. The molecule has 1 aromatic carbocycles. The van der Waals surface area contributed by atoms with E-state index in [4.69, 9.17) is 22.3 Å². The number of rotatable bonds is 2. The van der Waals surface area contributed by atoms with Crippen LogP contribution in [0.2, 0.25) is 5.02 Å². The smallest absolute Gasteiger partial charge is 0.212 e. The van der Waals surface area contributed by atoms with Crippen molar-refractivity contribution < 1.29 is 8.42 Å². The van der Waals surface area contributed by atoms with Gasteiger partial charge in [0.15, 0.2) is 0 Å². The number of halogens is 3. The number of hydrogen-bond acceptors (Lipinski definition) is 2. The molecule has 0 N–H and O–H groups in total. The van der Waals surface area contributed by atoms with E-state index in [0.29, 0.717) is 15.1 Å². The van der Waals surface area contributed by atoms with Gasteiger partial charge < -0.3 is 0 Å². The Kier molecular flexibility index (Phi) is 3.63. The van der Waals surface area contributed by atoms with Crippen molar-refractivity contribution in [1.29, 1.82) is 0 Å². The average molecular weight is 304 g/mol. The summed E-state index contributed by atoms with van der Waals surface area (Å²) in [5, 5.41) is 0.538. The average Bonchev–Trinajstić information content (AvgIpc) is 1.94. The van der Waals surface area contributed by atoms with Crippen molar-refractivity contribution in [3.05, 3.63) is 33.3 Å². The standard InChI is InChI=1S/C7H5BrCl2O2S/c8-6-3-5(1-2-7(6)9)4-13(10,11)12/h1-3H,4H2. The first-order valence-electron chi connectivity index (χ1n) is 3.25. The van der Waals surface area contributed by atoms with Gasteiger partial charge in [0, 0.05) is 15.2 Å². The second-order valence-electron chi connectivity index (χ2n) is 2.43. The topological polar surface area (TPSA) is 34.1 Å². The SMILES string of the molecule is O=S(=O)(Cl)Cc1ccc(Cl)c(Br)c1. The Morgan fingerprint density at radius 3 is 2.46 bits per heavy atom. The van der Waals surface area contributed by atoms with Gasteiger partial charge in [-0.2, -0.15) is 0 Å². The van der Waals surface area contributed by atoms with Crippen LogP contribution in [0.1, 0.15) is 5.56 Å². The highest BCUT2D eigenvalue weighted by Crippen LogP contribution is 2.24. The molecular weight excluding hydrogens is 299 g/mol. The monoisotopic (exact) mass is 302 g/mol. The van der Waals surface area contributed by atoms with Crippen LogP contribution in [0.3, 0.4) is 0 Å². The first-order valence-corrected chi connectivity index (χ1v) is 6.90. The van der Waals surface area contributed by atoms with E-state index in [1.54, 1.807) is 18.2 Å². The third-order valence-electron chi connectivity index (χ3n) is 1.32. The van der Waals surface area contributed by atoms with Gasteiger partial charge in [-0.3, -0.25) is 0 Å². The van der Waals surface area contributed by atoms with Gasteiger partial charge in [-0.1, -0.05) is 17.7 Å². The largest absolute Gasteiger partial charge is 0.236 e. The molecule has 0 heterocycles. The van der Waals surface area contributed by atoms with E-state index in [1.165, 1.54) is 0 Å². The molecule has 0 saturated carbocycles. The molecule has 0 amide bonds. The van der Waals surface area contributed by atoms with Gasteiger partial charge in [-0.25, -0.2) is 8.42 Å². The quantitative estimate of drug-likeness (QED) is 0.787. The van der Waals surface area contributed by atoms with E-state index in [-0.39, 0.29) is 5.75 Å². The molecule has 0 spiro atoms.